The summed E-state index contributed by atoms with van der Waals surface area (Å²) in [7, 11) is 0. The SMILES string of the molecule is O=C1N=C2C=CC(Cl)=CC2C(c2ccccc2)=C1N1CCCC(C(=O)NCCN2CCOCC2)C1. The van der Waals surface area contributed by atoms with Gasteiger partial charge in [-0.2, -0.15) is 0 Å². The van der Waals surface area contributed by atoms with Crippen molar-refractivity contribution < 1.29 is 14.3 Å². The molecule has 184 valence electrons. The molecule has 4 aliphatic rings. The number of allylic oxidation sites excluding steroid dienone is 5. The Bertz CT molecular complexity index is 1090. The van der Waals surface area contributed by atoms with Crippen LogP contribution in [0.1, 0.15) is 18.4 Å². The summed E-state index contributed by atoms with van der Waals surface area (Å²) >= 11 is 6.36. The molecule has 1 aromatic carbocycles. The third kappa shape index (κ3) is 5.42. The van der Waals surface area contributed by atoms with Gasteiger partial charge in [-0.05, 0) is 30.6 Å². The minimum atomic E-state index is -0.250. The van der Waals surface area contributed by atoms with E-state index < -0.39 is 0 Å². The van der Waals surface area contributed by atoms with Gasteiger partial charge in [0.05, 0.1) is 24.8 Å². The van der Waals surface area contributed by atoms with Gasteiger partial charge in [-0.15, -0.1) is 0 Å². The fourth-order valence-corrected chi connectivity index (χ4v) is 5.47. The summed E-state index contributed by atoms with van der Waals surface area (Å²) in [4.78, 5) is 35.2. The number of morpholine rings is 1. The van der Waals surface area contributed by atoms with Gasteiger partial charge in [0.1, 0.15) is 5.70 Å². The number of ether oxygens (including phenoxy) is 1. The summed E-state index contributed by atoms with van der Waals surface area (Å²) in [5.74, 6) is -0.549. The van der Waals surface area contributed by atoms with E-state index in [1.54, 1.807) is 6.08 Å². The molecule has 35 heavy (non-hydrogen) atoms. The van der Waals surface area contributed by atoms with Gasteiger partial charge in [-0.1, -0.05) is 48.0 Å². The van der Waals surface area contributed by atoms with Crippen LogP contribution in [0.25, 0.3) is 5.57 Å². The Kier molecular flexibility index (Phi) is 7.46. The molecule has 2 unspecified atom stereocenters. The van der Waals surface area contributed by atoms with E-state index in [1.165, 1.54) is 0 Å². The molecule has 5 rings (SSSR count). The number of piperidine rings is 1. The third-order valence-electron chi connectivity index (χ3n) is 7.08. The number of halogens is 1. The van der Waals surface area contributed by atoms with Crippen molar-refractivity contribution in [3.05, 3.63) is 64.9 Å². The van der Waals surface area contributed by atoms with Gasteiger partial charge in [0.2, 0.25) is 5.91 Å². The average molecular weight is 495 g/mol. The monoisotopic (exact) mass is 494 g/mol. The van der Waals surface area contributed by atoms with E-state index in [2.05, 4.69) is 20.1 Å². The Morgan fingerprint density at radius 1 is 1.14 bits per heavy atom. The van der Waals surface area contributed by atoms with Gasteiger partial charge in [0, 0.05) is 55.8 Å². The smallest absolute Gasteiger partial charge is 0.293 e. The first kappa shape index (κ1) is 24.0. The molecule has 0 bridgehead atoms. The number of fused-ring (bicyclic) bond motifs is 1. The number of likely N-dealkylation sites (tertiary alicyclic amines) is 1. The van der Waals surface area contributed by atoms with E-state index in [0.29, 0.717) is 29.5 Å². The highest BCUT2D eigenvalue weighted by molar-refractivity contribution is 6.33. The van der Waals surface area contributed by atoms with Gasteiger partial charge in [-0.25, -0.2) is 4.99 Å². The maximum Gasteiger partial charge on any atom is 0.293 e. The highest BCUT2D eigenvalue weighted by Crippen LogP contribution is 2.39. The average Bonchev–Trinajstić information content (AvgIpc) is 2.89. The van der Waals surface area contributed by atoms with Crippen molar-refractivity contribution in [3.63, 3.8) is 0 Å². The minimum Gasteiger partial charge on any atom is -0.379 e. The van der Waals surface area contributed by atoms with E-state index in [0.717, 1.165) is 63.4 Å². The molecule has 3 heterocycles. The number of dihydropyridines is 1. The first-order chi connectivity index (χ1) is 17.1. The zero-order chi connectivity index (χ0) is 24.2. The van der Waals surface area contributed by atoms with Crippen LogP contribution in [0, 0.1) is 11.8 Å². The largest absolute Gasteiger partial charge is 0.379 e. The van der Waals surface area contributed by atoms with Crippen LogP contribution in [-0.4, -0.2) is 79.8 Å². The van der Waals surface area contributed by atoms with Crippen LogP contribution >= 0.6 is 11.6 Å². The maximum absolute atomic E-state index is 13.3. The second-order valence-corrected chi connectivity index (χ2v) is 9.80. The fraction of sp³-hybridized carbons (Fsp3) is 0.444. The number of carbonyl (C=O) groups is 2. The van der Waals surface area contributed by atoms with Crippen LogP contribution in [0.4, 0.5) is 0 Å². The van der Waals surface area contributed by atoms with Crippen LogP contribution in [0.3, 0.4) is 0 Å². The normalized spacial score (nSPS) is 25.2. The topological polar surface area (TPSA) is 74.2 Å². The molecule has 2 atom stereocenters. The van der Waals surface area contributed by atoms with E-state index in [9.17, 15) is 9.59 Å². The molecular formula is C27H31ClN4O3. The lowest BCUT2D eigenvalue weighted by atomic mass is 9.82. The lowest BCUT2D eigenvalue weighted by Gasteiger charge is -2.38. The van der Waals surface area contributed by atoms with Gasteiger partial charge in [0.15, 0.2) is 0 Å². The number of amides is 2. The Morgan fingerprint density at radius 2 is 1.94 bits per heavy atom. The quantitative estimate of drug-likeness (QED) is 0.658. The lowest BCUT2D eigenvalue weighted by molar-refractivity contribution is -0.127. The molecule has 0 aromatic heterocycles. The molecule has 0 saturated carbocycles. The van der Waals surface area contributed by atoms with Gasteiger partial charge < -0.3 is 15.0 Å². The van der Waals surface area contributed by atoms with Crippen LogP contribution in [0.5, 0.6) is 0 Å². The maximum atomic E-state index is 13.3. The van der Waals surface area contributed by atoms with Gasteiger partial charge >= 0.3 is 0 Å². The molecule has 0 spiro atoms. The number of hydrogen-bond donors (Lipinski definition) is 1. The molecule has 0 radical (unpaired) electrons. The summed E-state index contributed by atoms with van der Waals surface area (Å²) < 4.78 is 5.39. The summed E-state index contributed by atoms with van der Waals surface area (Å²) in [6, 6.07) is 9.95. The van der Waals surface area contributed by atoms with E-state index in [4.69, 9.17) is 16.3 Å². The number of hydrogen-bond acceptors (Lipinski definition) is 5. The molecule has 8 heteroatoms. The van der Waals surface area contributed by atoms with Crippen molar-refractivity contribution in [2.75, 3.05) is 52.5 Å². The second kappa shape index (κ2) is 10.9. The van der Waals surface area contributed by atoms with Gasteiger partial charge in [-0.3, -0.25) is 14.5 Å². The Hall–Kier alpha value is -2.74. The van der Waals surface area contributed by atoms with E-state index in [1.807, 2.05) is 42.5 Å². The molecule has 2 saturated heterocycles. The van der Waals surface area contributed by atoms with Crippen LogP contribution < -0.4 is 5.32 Å². The summed E-state index contributed by atoms with van der Waals surface area (Å²) in [5, 5.41) is 3.75. The lowest BCUT2D eigenvalue weighted by Crippen LogP contribution is -2.47. The zero-order valence-corrected chi connectivity index (χ0v) is 20.5. The molecule has 2 amide bonds. The minimum absolute atomic E-state index is 0.0563. The van der Waals surface area contributed by atoms with Gasteiger partial charge in [0.25, 0.3) is 5.91 Å². The number of benzene rings is 1. The Morgan fingerprint density at radius 3 is 2.74 bits per heavy atom. The van der Waals surface area contributed by atoms with Crippen molar-refractivity contribution in [2.45, 2.75) is 12.8 Å². The van der Waals surface area contributed by atoms with E-state index >= 15 is 0 Å². The first-order valence-corrected chi connectivity index (χ1v) is 12.8. The highest BCUT2D eigenvalue weighted by Gasteiger charge is 2.37. The molecule has 7 nitrogen and oxygen atoms in total. The third-order valence-corrected chi connectivity index (χ3v) is 7.33. The Labute approximate surface area is 211 Å². The number of nitrogens with one attached hydrogen (secondary N) is 1. The number of nitrogens with zero attached hydrogens (tertiary/aromatic N) is 3. The van der Waals surface area contributed by atoms with Crippen LogP contribution in [0.15, 0.2) is 64.3 Å². The molecule has 1 aromatic rings. The summed E-state index contributed by atoms with van der Waals surface area (Å²) in [5.41, 5.74) is 3.18. The van der Waals surface area contributed by atoms with Crippen molar-refractivity contribution in [2.24, 2.45) is 16.8 Å². The number of aliphatic imine (C=N–C) groups is 1. The van der Waals surface area contributed by atoms with E-state index in [-0.39, 0.29) is 23.7 Å². The van der Waals surface area contributed by atoms with Crippen LogP contribution in [0.2, 0.25) is 0 Å². The highest BCUT2D eigenvalue weighted by atomic mass is 35.5. The molecule has 1 N–H and O–H groups in total. The number of carbonyl (C=O) groups excluding carboxylic acids is 2. The van der Waals surface area contributed by atoms with Crippen LogP contribution in [-0.2, 0) is 14.3 Å². The number of rotatable bonds is 6. The van der Waals surface area contributed by atoms with Crippen molar-refractivity contribution in [3.8, 4) is 0 Å². The molecule has 3 aliphatic heterocycles. The predicted molar refractivity (Wildman–Crippen MR) is 137 cm³/mol. The first-order valence-electron chi connectivity index (χ1n) is 12.4. The summed E-state index contributed by atoms with van der Waals surface area (Å²) in [6.45, 7) is 5.99. The second-order valence-electron chi connectivity index (χ2n) is 9.36. The molecule has 2 fully saturated rings. The standard InChI is InChI=1S/C27H31ClN4O3/c28-21-8-9-23-22(17-21)24(19-5-2-1-3-6-19)25(27(34)30-23)32-11-4-7-20(18-32)26(33)29-10-12-31-13-15-35-16-14-31/h1-3,5-6,8-9,17,20,22H,4,7,10-16,18H2,(H,29,33). The van der Waals surface area contributed by atoms with Crippen molar-refractivity contribution in [1.29, 1.82) is 0 Å². The van der Waals surface area contributed by atoms with Crippen molar-refractivity contribution >= 4 is 34.7 Å². The van der Waals surface area contributed by atoms with Crippen molar-refractivity contribution in [1.82, 2.24) is 15.1 Å². The Balaban J connectivity index is 1.35. The molecular weight excluding hydrogens is 464 g/mol. The predicted octanol–water partition coefficient (Wildman–Crippen LogP) is 2.85. The zero-order valence-electron chi connectivity index (χ0n) is 19.8. The molecule has 1 aliphatic carbocycles. The summed E-state index contributed by atoms with van der Waals surface area (Å²) in [6.07, 6.45) is 7.21. The fourth-order valence-electron chi connectivity index (χ4n) is 5.28.